The van der Waals surface area contributed by atoms with Gasteiger partial charge in [0.25, 0.3) is 0 Å². The fourth-order valence-electron chi connectivity index (χ4n) is 0.630. The summed E-state index contributed by atoms with van der Waals surface area (Å²) in [5.74, 6) is -0.385. The third kappa shape index (κ3) is 1.61. The van der Waals surface area contributed by atoms with Crippen LogP contribution in [0.5, 0.6) is 0 Å². The van der Waals surface area contributed by atoms with E-state index < -0.39 is 16.5 Å². The van der Waals surface area contributed by atoms with Crippen LogP contribution in [-0.4, -0.2) is 31.8 Å². The van der Waals surface area contributed by atoms with Gasteiger partial charge < -0.3 is 0 Å². The van der Waals surface area contributed by atoms with E-state index in [0.29, 0.717) is 0 Å². The van der Waals surface area contributed by atoms with Crippen molar-refractivity contribution in [2.45, 2.75) is 6.42 Å². The molecule has 0 bridgehead atoms. The number of amides is 3. The van der Waals surface area contributed by atoms with Gasteiger partial charge in [0.1, 0.15) is 0 Å². The summed E-state index contributed by atoms with van der Waals surface area (Å²) < 4.78 is 22.3. The van der Waals surface area contributed by atoms with Crippen LogP contribution in [0.3, 0.4) is 0 Å². The van der Waals surface area contributed by atoms with Crippen molar-refractivity contribution in [1.29, 1.82) is 0 Å². The topological polar surface area (TPSA) is 83.9 Å². The first-order valence-corrected chi connectivity index (χ1v) is 3.80. The Kier molecular flexibility index (Phi) is 1.99. The number of β-lactam (4-membered cyclic amide) rings is 1. The maximum Gasteiger partial charge on any atom is 0.365 e. The fraction of sp³-hybridized carbons (Fsp3) is 0.500. The molecule has 3 amide bonds. The lowest BCUT2D eigenvalue weighted by molar-refractivity contribution is -0.135. The molecule has 6 nitrogen and oxygen atoms in total. The summed E-state index contributed by atoms with van der Waals surface area (Å²) in [6.45, 7) is 0.262. The Hall–Kier alpha value is -1.24. The summed E-state index contributed by atoms with van der Waals surface area (Å²) in [4.78, 5) is 21.9. The number of carbonyl (C=O) groups is 2. The Labute approximate surface area is 63.5 Å². The van der Waals surface area contributed by atoms with Crippen LogP contribution >= 0.6 is 0 Å². The van der Waals surface area contributed by atoms with Gasteiger partial charge in [-0.25, -0.2) is 4.79 Å². The average Bonchev–Trinajstić information content (AvgIpc) is 1.82. The Morgan fingerprint density at radius 1 is 1.55 bits per heavy atom. The van der Waals surface area contributed by atoms with Crippen LogP contribution in [0.15, 0.2) is 4.36 Å². The summed E-state index contributed by atoms with van der Waals surface area (Å²) in [5.41, 5.74) is 0. The number of urea groups is 1. The SMILES string of the molecule is O=C1CCN1C(=O)N=S(=O)=O. The van der Waals surface area contributed by atoms with Crippen LogP contribution < -0.4 is 0 Å². The molecule has 1 aliphatic heterocycles. The van der Waals surface area contributed by atoms with Crippen LogP contribution in [0.2, 0.25) is 0 Å². The van der Waals surface area contributed by atoms with Gasteiger partial charge in [-0.2, -0.15) is 8.42 Å². The molecule has 0 atom stereocenters. The zero-order chi connectivity index (χ0) is 8.43. The molecule has 0 aliphatic carbocycles. The molecular weight excluding hydrogens is 172 g/mol. The van der Waals surface area contributed by atoms with Crippen molar-refractivity contribution in [3.63, 3.8) is 0 Å². The van der Waals surface area contributed by atoms with Gasteiger partial charge in [0.05, 0.1) is 0 Å². The van der Waals surface area contributed by atoms with E-state index in [-0.39, 0.29) is 18.9 Å². The van der Waals surface area contributed by atoms with Crippen LogP contribution in [0.25, 0.3) is 0 Å². The molecular formula is C4H4N2O4S. The van der Waals surface area contributed by atoms with Crippen LogP contribution in [0.1, 0.15) is 6.42 Å². The minimum Gasteiger partial charge on any atom is -0.274 e. The summed E-state index contributed by atoms with van der Waals surface area (Å²) in [5, 5.41) is 0. The van der Waals surface area contributed by atoms with Crippen molar-refractivity contribution in [3.05, 3.63) is 0 Å². The normalized spacial score (nSPS) is 15.6. The molecule has 0 saturated carbocycles. The second-order valence-corrected chi connectivity index (χ2v) is 2.50. The number of hydrogen-bond acceptors (Lipinski definition) is 4. The molecule has 1 rings (SSSR count). The number of likely N-dealkylation sites (tertiary alicyclic amines) is 1. The predicted molar refractivity (Wildman–Crippen MR) is 33.1 cm³/mol. The molecule has 11 heavy (non-hydrogen) atoms. The first-order chi connectivity index (χ1) is 5.11. The van der Waals surface area contributed by atoms with Crippen LogP contribution in [0.4, 0.5) is 4.79 Å². The highest BCUT2D eigenvalue weighted by atomic mass is 32.2. The summed E-state index contributed by atoms with van der Waals surface area (Å²) in [6.07, 6.45) is 0.284. The van der Waals surface area contributed by atoms with Gasteiger partial charge in [0.2, 0.25) is 5.91 Å². The lowest BCUT2D eigenvalue weighted by atomic mass is 10.2. The Morgan fingerprint density at radius 2 is 2.18 bits per heavy atom. The second-order valence-electron chi connectivity index (χ2n) is 1.89. The lowest BCUT2D eigenvalue weighted by Crippen LogP contribution is -2.45. The van der Waals surface area contributed by atoms with Crippen molar-refractivity contribution in [1.82, 2.24) is 4.90 Å². The third-order valence-electron chi connectivity index (χ3n) is 1.23. The molecule has 1 heterocycles. The van der Waals surface area contributed by atoms with E-state index in [4.69, 9.17) is 0 Å². The van der Waals surface area contributed by atoms with Crippen molar-refractivity contribution in [2.24, 2.45) is 4.36 Å². The van der Waals surface area contributed by atoms with Crippen LogP contribution in [0, 0.1) is 0 Å². The molecule has 7 heteroatoms. The molecule has 1 fully saturated rings. The molecule has 0 N–H and O–H groups in total. The summed E-state index contributed by atoms with van der Waals surface area (Å²) in [6, 6.07) is -1.01. The zero-order valence-corrected chi connectivity index (χ0v) is 6.17. The number of hydrogen-bond donors (Lipinski definition) is 0. The summed E-state index contributed by atoms with van der Waals surface area (Å²) >= 11 is 0. The molecule has 1 saturated heterocycles. The molecule has 0 aromatic rings. The molecule has 0 aromatic heterocycles. The van der Waals surface area contributed by atoms with Crippen molar-refractivity contribution in [2.75, 3.05) is 6.54 Å². The maximum absolute atomic E-state index is 10.6. The van der Waals surface area contributed by atoms with Gasteiger partial charge >= 0.3 is 16.5 Å². The van der Waals surface area contributed by atoms with Gasteiger partial charge in [-0.15, -0.1) is 0 Å². The average molecular weight is 176 g/mol. The van der Waals surface area contributed by atoms with Crippen molar-refractivity contribution >= 4 is 22.4 Å². The molecule has 0 aromatic carbocycles. The minimum absolute atomic E-state index is 0.262. The summed E-state index contributed by atoms with van der Waals surface area (Å²) in [7, 11) is -2.77. The maximum atomic E-state index is 10.6. The predicted octanol–water partition coefficient (Wildman–Crippen LogP) is -0.599. The van der Waals surface area contributed by atoms with Crippen molar-refractivity contribution < 1.29 is 18.0 Å². The zero-order valence-electron chi connectivity index (χ0n) is 5.35. The smallest absolute Gasteiger partial charge is 0.274 e. The first-order valence-electron chi connectivity index (χ1n) is 2.76. The number of rotatable bonds is 0. The molecule has 0 spiro atoms. The van der Waals surface area contributed by atoms with Gasteiger partial charge in [0, 0.05) is 13.0 Å². The van der Waals surface area contributed by atoms with E-state index in [1.807, 2.05) is 0 Å². The highest BCUT2D eigenvalue weighted by Crippen LogP contribution is 2.09. The molecule has 60 valence electrons. The van der Waals surface area contributed by atoms with Gasteiger partial charge in [-0.1, -0.05) is 4.36 Å². The number of carbonyl (C=O) groups excluding carboxylic acids is 2. The number of imide groups is 1. The fourth-order valence-corrected chi connectivity index (χ4v) is 0.856. The van der Waals surface area contributed by atoms with Crippen molar-refractivity contribution in [3.8, 4) is 0 Å². The first kappa shape index (κ1) is 7.86. The Balaban J connectivity index is 2.70. The van der Waals surface area contributed by atoms with Gasteiger partial charge in [-0.05, 0) is 0 Å². The third-order valence-corrected chi connectivity index (χ3v) is 1.54. The standard InChI is InChI=1S/C4H4N2O4S/c7-3-1-2-6(3)4(8)5-11(9)10/h1-2H2. The van der Waals surface area contributed by atoms with E-state index in [0.717, 1.165) is 4.90 Å². The largest absolute Gasteiger partial charge is 0.365 e. The van der Waals surface area contributed by atoms with Gasteiger partial charge in [0.15, 0.2) is 0 Å². The lowest BCUT2D eigenvalue weighted by Gasteiger charge is -2.25. The molecule has 0 radical (unpaired) electrons. The van der Waals surface area contributed by atoms with Gasteiger partial charge in [-0.3, -0.25) is 9.69 Å². The Morgan fingerprint density at radius 3 is 2.45 bits per heavy atom. The molecule has 1 aliphatic rings. The molecule has 0 unspecified atom stereocenters. The monoisotopic (exact) mass is 176 g/mol. The van der Waals surface area contributed by atoms with E-state index >= 15 is 0 Å². The van der Waals surface area contributed by atoms with E-state index in [1.165, 1.54) is 0 Å². The highest BCUT2D eigenvalue weighted by molar-refractivity contribution is 7.62. The highest BCUT2D eigenvalue weighted by Gasteiger charge is 2.29. The Bertz CT molecular complexity index is 322. The minimum atomic E-state index is -2.77. The van der Waals surface area contributed by atoms with Crippen LogP contribution in [-0.2, 0) is 15.3 Å². The second kappa shape index (κ2) is 2.79. The quantitative estimate of drug-likeness (QED) is 0.461. The van der Waals surface area contributed by atoms with E-state index in [1.54, 1.807) is 0 Å². The number of nitrogens with zero attached hydrogens (tertiary/aromatic N) is 2. The van der Waals surface area contributed by atoms with E-state index in [9.17, 15) is 18.0 Å². The van der Waals surface area contributed by atoms with E-state index in [2.05, 4.69) is 4.36 Å².